The van der Waals surface area contributed by atoms with Gasteiger partial charge < -0.3 is 10.2 Å². The van der Waals surface area contributed by atoms with E-state index in [1.54, 1.807) is 19.1 Å². The van der Waals surface area contributed by atoms with E-state index in [9.17, 15) is 9.18 Å². The fourth-order valence-corrected chi connectivity index (χ4v) is 3.49. The number of rotatable bonds is 2. The number of nitrogens with zero attached hydrogens (tertiary/aromatic N) is 1. The van der Waals surface area contributed by atoms with E-state index in [4.69, 9.17) is 0 Å². The van der Waals surface area contributed by atoms with Crippen LogP contribution >= 0.6 is 12.4 Å². The molecule has 2 aliphatic heterocycles. The molecule has 0 spiro atoms. The maximum Gasteiger partial charge on any atom is 0.253 e. The van der Waals surface area contributed by atoms with Gasteiger partial charge in [-0.15, -0.1) is 12.4 Å². The van der Waals surface area contributed by atoms with Crippen LogP contribution in [0.5, 0.6) is 0 Å². The predicted molar refractivity (Wildman–Crippen MR) is 83.4 cm³/mol. The van der Waals surface area contributed by atoms with Crippen LogP contribution in [0.25, 0.3) is 0 Å². The van der Waals surface area contributed by atoms with Crippen molar-refractivity contribution >= 4 is 18.3 Å². The standard InChI is InChI=1S/C16H21FN2O.ClH/c1-10-7-11(3-6-15(10)17)16(20)19(2)14-8-12-4-5-13(9-14)18-12;/h3,6-7,12-14,18H,4-5,8-9H2,1-2H3;1H. The number of hydrogen-bond donors (Lipinski definition) is 1. The second-order valence-electron chi connectivity index (χ2n) is 6.14. The van der Waals surface area contributed by atoms with Crippen molar-refractivity contribution in [2.24, 2.45) is 0 Å². The second kappa shape index (κ2) is 6.32. The quantitative estimate of drug-likeness (QED) is 0.910. The summed E-state index contributed by atoms with van der Waals surface area (Å²) >= 11 is 0. The molecule has 2 heterocycles. The summed E-state index contributed by atoms with van der Waals surface area (Å²) < 4.78 is 13.3. The van der Waals surface area contributed by atoms with Crippen LogP contribution in [0.3, 0.4) is 0 Å². The Morgan fingerprint density at radius 1 is 1.29 bits per heavy atom. The van der Waals surface area contributed by atoms with Crippen molar-refractivity contribution in [1.82, 2.24) is 10.2 Å². The van der Waals surface area contributed by atoms with Gasteiger partial charge in [0.25, 0.3) is 5.91 Å². The number of nitrogens with one attached hydrogen (secondary N) is 1. The van der Waals surface area contributed by atoms with Gasteiger partial charge in [-0.1, -0.05) is 0 Å². The molecule has 2 atom stereocenters. The zero-order chi connectivity index (χ0) is 14.3. The molecule has 5 heteroatoms. The summed E-state index contributed by atoms with van der Waals surface area (Å²) in [6.45, 7) is 1.69. The van der Waals surface area contributed by atoms with E-state index in [0.29, 0.717) is 29.3 Å². The van der Waals surface area contributed by atoms with E-state index in [1.807, 2.05) is 11.9 Å². The Morgan fingerprint density at radius 2 is 1.90 bits per heavy atom. The molecular weight excluding hydrogens is 291 g/mol. The van der Waals surface area contributed by atoms with Gasteiger partial charge in [0.1, 0.15) is 5.82 Å². The number of benzene rings is 1. The van der Waals surface area contributed by atoms with Gasteiger partial charge in [-0.2, -0.15) is 0 Å². The van der Waals surface area contributed by atoms with E-state index in [-0.39, 0.29) is 24.1 Å². The molecule has 2 unspecified atom stereocenters. The molecule has 21 heavy (non-hydrogen) atoms. The molecular formula is C16H22ClFN2O. The Morgan fingerprint density at radius 3 is 2.48 bits per heavy atom. The van der Waals surface area contributed by atoms with Crippen LogP contribution in [0.15, 0.2) is 18.2 Å². The SMILES string of the molecule is Cc1cc(C(=O)N(C)C2CC3CCC(C2)N3)ccc1F.Cl. The first-order chi connectivity index (χ1) is 9.54. The Hall–Kier alpha value is -1.13. The van der Waals surface area contributed by atoms with Crippen molar-refractivity contribution in [3.8, 4) is 0 Å². The molecule has 116 valence electrons. The van der Waals surface area contributed by atoms with Gasteiger partial charge in [0.15, 0.2) is 0 Å². The molecule has 2 bridgehead atoms. The second-order valence-corrected chi connectivity index (χ2v) is 6.14. The molecule has 2 saturated heterocycles. The molecule has 2 aliphatic rings. The lowest BCUT2D eigenvalue weighted by molar-refractivity contribution is 0.0681. The summed E-state index contributed by atoms with van der Waals surface area (Å²) in [6.07, 6.45) is 4.50. The summed E-state index contributed by atoms with van der Waals surface area (Å²) in [5.41, 5.74) is 1.10. The van der Waals surface area contributed by atoms with Gasteiger partial charge in [-0.05, 0) is 56.4 Å². The van der Waals surface area contributed by atoms with Gasteiger partial charge in [-0.3, -0.25) is 4.79 Å². The van der Waals surface area contributed by atoms with E-state index < -0.39 is 0 Å². The minimum absolute atomic E-state index is 0. The zero-order valence-corrected chi connectivity index (χ0v) is 13.3. The number of halogens is 2. The lowest BCUT2D eigenvalue weighted by atomic mass is 9.97. The number of piperidine rings is 1. The highest BCUT2D eigenvalue weighted by Gasteiger charge is 2.36. The fraction of sp³-hybridized carbons (Fsp3) is 0.562. The first kappa shape index (κ1) is 16.2. The lowest BCUT2D eigenvalue weighted by Crippen LogP contribution is -2.48. The molecule has 1 aromatic rings. The summed E-state index contributed by atoms with van der Waals surface area (Å²) in [7, 11) is 1.87. The molecule has 0 aliphatic carbocycles. The number of amides is 1. The van der Waals surface area contributed by atoms with Crippen LogP contribution in [0, 0.1) is 12.7 Å². The topological polar surface area (TPSA) is 32.3 Å². The van der Waals surface area contributed by atoms with E-state index >= 15 is 0 Å². The van der Waals surface area contributed by atoms with Crippen LogP contribution in [-0.4, -0.2) is 36.0 Å². The largest absolute Gasteiger partial charge is 0.339 e. The third kappa shape index (κ3) is 3.22. The molecule has 2 fully saturated rings. The number of carbonyl (C=O) groups is 1. The molecule has 0 saturated carbocycles. The molecule has 1 aromatic carbocycles. The highest BCUT2D eigenvalue weighted by atomic mass is 35.5. The van der Waals surface area contributed by atoms with Crippen molar-refractivity contribution in [1.29, 1.82) is 0 Å². The average Bonchev–Trinajstić information content (AvgIpc) is 2.79. The molecule has 1 amide bonds. The van der Waals surface area contributed by atoms with Crippen LogP contribution in [0.4, 0.5) is 4.39 Å². The minimum atomic E-state index is -0.260. The van der Waals surface area contributed by atoms with Gasteiger partial charge in [-0.25, -0.2) is 4.39 Å². The Kier molecular flexibility index (Phi) is 4.89. The Labute approximate surface area is 131 Å². The van der Waals surface area contributed by atoms with Crippen LogP contribution < -0.4 is 5.32 Å². The molecule has 1 N–H and O–H groups in total. The molecule has 3 nitrogen and oxygen atoms in total. The van der Waals surface area contributed by atoms with Crippen LogP contribution in [0.1, 0.15) is 41.6 Å². The third-order valence-corrected chi connectivity index (χ3v) is 4.72. The van der Waals surface area contributed by atoms with Crippen molar-refractivity contribution in [2.45, 2.75) is 50.7 Å². The summed E-state index contributed by atoms with van der Waals surface area (Å²) in [6, 6.07) is 6.02. The Balaban J connectivity index is 0.00000161. The summed E-state index contributed by atoms with van der Waals surface area (Å²) in [4.78, 5) is 14.4. The van der Waals surface area contributed by atoms with E-state index in [2.05, 4.69) is 5.32 Å². The van der Waals surface area contributed by atoms with E-state index in [0.717, 1.165) is 12.8 Å². The van der Waals surface area contributed by atoms with Gasteiger partial charge in [0, 0.05) is 30.7 Å². The molecule has 3 rings (SSSR count). The molecule has 0 aromatic heterocycles. The van der Waals surface area contributed by atoms with Crippen molar-refractivity contribution < 1.29 is 9.18 Å². The highest BCUT2D eigenvalue weighted by Crippen LogP contribution is 2.29. The van der Waals surface area contributed by atoms with Gasteiger partial charge in [0.05, 0.1) is 0 Å². The van der Waals surface area contributed by atoms with Crippen LogP contribution in [0.2, 0.25) is 0 Å². The summed E-state index contributed by atoms with van der Waals surface area (Å²) in [5.74, 6) is -0.261. The highest BCUT2D eigenvalue weighted by molar-refractivity contribution is 5.94. The van der Waals surface area contributed by atoms with Crippen molar-refractivity contribution in [3.05, 3.63) is 35.1 Å². The number of hydrogen-bond acceptors (Lipinski definition) is 2. The van der Waals surface area contributed by atoms with Crippen molar-refractivity contribution in [2.75, 3.05) is 7.05 Å². The zero-order valence-electron chi connectivity index (χ0n) is 12.4. The maximum atomic E-state index is 13.3. The molecule has 0 radical (unpaired) electrons. The normalized spacial score (nSPS) is 27.1. The number of aryl methyl sites for hydroxylation is 1. The third-order valence-electron chi connectivity index (χ3n) is 4.72. The fourth-order valence-electron chi connectivity index (χ4n) is 3.49. The van der Waals surface area contributed by atoms with Crippen LogP contribution in [-0.2, 0) is 0 Å². The first-order valence-corrected chi connectivity index (χ1v) is 7.34. The average molecular weight is 313 g/mol. The first-order valence-electron chi connectivity index (χ1n) is 7.34. The van der Waals surface area contributed by atoms with Gasteiger partial charge >= 0.3 is 0 Å². The number of fused-ring (bicyclic) bond motifs is 2. The minimum Gasteiger partial charge on any atom is -0.339 e. The van der Waals surface area contributed by atoms with Gasteiger partial charge in [0.2, 0.25) is 0 Å². The summed E-state index contributed by atoms with van der Waals surface area (Å²) in [5, 5.41) is 3.58. The lowest BCUT2D eigenvalue weighted by Gasteiger charge is -2.35. The van der Waals surface area contributed by atoms with E-state index in [1.165, 1.54) is 18.9 Å². The number of carbonyl (C=O) groups excluding carboxylic acids is 1. The van der Waals surface area contributed by atoms with Crippen molar-refractivity contribution in [3.63, 3.8) is 0 Å². The monoisotopic (exact) mass is 312 g/mol. The smallest absolute Gasteiger partial charge is 0.253 e. The predicted octanol–water partition coefficient (Wildman–Crippen LogP) is 2.91. The Bertz CT molecular complexity index is 525. The maximum absolute atomic E-state index is 13.3.